The van der Waals surface area contributed by atoms with E-state index in [0.717, 1.165) is 37.0 Å². The third-order valence-electron chi connectivity index (χ3n) is 4.10. The predicted octanol–water partition coefficient (Wildman–Crippen LogP) is 2.33. The van der Waals surface area contributed by atoms with Gasteiger partial charge in [-0.25, -0.2) is 9.98 Å². The first kappa shape index (κ1) is 18.9. The zero-order valence-electron chi connectivity index (χ0n) is 13.6. The van der Waals surface area contributed by atoms with Crippen LogP contribution in [0.2, 0.25) is 5.02 Å². The number of hydrogen-bond donors (Lipinski definition) is 1. The normalized spacial score (nSPS) is 15.3. The molecule has 1 aromatic carbocycles. The molecule has 0 radical (unpaired) electrons. The van der Waals surface area contributed by atoms with Crippen LogP contribution in [-0.2, 0) is 13.6 Å². The number of anilines is 1. The van der Waals surface area contributed by atoms with Crippen molar-refractivity contribution in [1.82, 2.24) is 14.5 Å². The minimum Gasteiger partial charge on any atom is -0.370 e. The molecule has 0 saturated carbocycles. The quantitative estimate of drug-likeness (QED) is 0.434. The molecular formula is C16H22ClIN6. The number of benzene rings is 1. The van der Waals surface area contributed by atoms with Gasteiger partial charge in [-0.05, 0) is 24.3 Å². The fraction of sp³-hybridized carbons (Fsp3) is 0.375. The summed E-state index contributed by atoms with van der Waals surface area (Å²) in [6.45, 7) is 4.06. The van der Waals surface area contributed by atoms with E-state index in [9.17, 15) is 0 Å². The van der Waals surface area contributed by atoms with Crippen LogP contribution >= 0.6 is 35.6 Å². The van der Waals surface area contributed by atoms with Gasteiger partial charge >= 0.3 is 0 Å². The van der Waals surface area contributed by atoms with Crippen molar-refractivity contribution in [3.8, 4) is 0 Å². The minimum atomic E-state index is 0. The highest BCUT2D eigenvalue weighted by atomic mass is 127. The van der Waals surface area contributed by atoms with E-state index in [4.69, 9.17) is 17.3 Å². The molecule has 0 aliphatic carbocycles. The summed E-state index contributed by atoms with van der Waals surface area (Å²) in [5, 5.41) is 0.762. The zero-order chi connectivity index (χ0) is 16.2. The molecule has 1 saturated heterocycles. The van der Waals surface area contributed by atoms with Gasteiger partial charge in [-0.2, -0.15) is 0 Å². The molecule has 1 aromatic heterocycles. The summed E-state index contributed by atoms with van der Waals surface area (Å²) in [7, 11) is 1.96. The Balaban J connectivity index is 0.00000208. The molecule has 0 spiro atoms. The molecule has 0 amide bonds. The van der Waals surface area contributed by atoms with Crippen molar-refractivity contribution in [2.45, 2.75) is 6.54 Å². The minimum absolute atomic E-state index is 0. The average molecular weight is 461 g/mol. The maximum atomic E-state index is 6.12. The first-order valence-electron chi connectivity index (χ1n) is 7.65. The van der Waals surface area contributed by atoms with Crippen molar-refractivity contribution in [2.75, 3.05) is 31.1 Å². The average Bonchev–Trinajstić information content (AvgIpc) is 2.99. The van der Waals surface area contributed by atoms with E-state index in [2.05, 4.69) is 31.9 Å². The van der Waals surface area contributed by atoms with Crippen LogP contribution in [0, 0.1) is 0 Å². The van der Waals surface area contributed by atoms with Crippen molar-refractivity contribution in [1.29, 1.82) is 0 Å². The molecular weight excluding hydrogens is 439 g/mol. The second-order valence-electron chi connectivity index (χ2n) is 5.58. The third-order valence-corrected chi connectivity index (χ3v) is 4.35. The lowest BCUT2D eigenvalue weighted by molar-refractivity contribution is 0.380. The molecule has 24 heavy (non-hydrogen) atoms. The largest absolute Gasteiger partial charge is 0.370 e. The summed E-state index contributed by atoms with van der Waals surface area (Å²) in [5.74, 6) is 1.50. The monoisotopic (exact) mass is 460 g/mol. The molecule has 0 atom stereocenters. The summed E-state index contributed by atoms with van der Waals surface area (Å²) in [4.78, 5) is 13.2. The van der Waals surface area contributed by atoms with Gasteiger partial charge < -0.3 is 20.1 Å². The molecule has 8 heteroatoms. The highest BCUT2D eigenvalue weighted by Crippen LogP contribution is 2.19. The molecule has 2 aromatic rings. The number of imidazole rings is 1. The highest BCUT2D eigenvalue weighted by molar-refractivity contribution is 14.0. The Morgan fingerprint density at radius 1 is 1.21 bits per heavy atom. The lowest BCUT2D eigenvalue weighted by atomic mass is 10.2. The predicted molar refractivity (Wildman–Crippen MR) is 109 cm³/mol. The van der Waals surface area contributed by atoms with Gasteiger partial charge in [0.25, 0.3) is 0 Å². The number of nitrogens with zero attached hydrogens (tertiary/aromatic N) is 5. The fourth-order valence-electron chi connectivity index (χ4n) is 2.65. The number of guanidine groups is 1. The number of aryl methyl sites for hydroxylation is 1. The van der Waals surface area contributed by atoms with Crippen LogP contribution in [0.1, 0.15) is 5.82 Å². The van der Waals surface area contributed by atoms with Gasteiger partial charge in [-0.1, -0.05) is 11.6 Å². The second kappa shape index (κ2) is 8.57. The van der Waals surface area contributed by atoms with Gasteiger partial charge in [0.1, 0.15) is 12.4 Å². The molecule has 0 unspecified atom stereocenters. The number of aromatic nitrogens is 2. The van der Waals surface area contributed by atoms with Crippen LogP contribution in [-0.4, -0.2) is 46.6 Å². The van der Waals surface area contributed by atoms with E-state index in [1.807, 2.05) is 29.9 Å². The van der Waals surface area contributed by atoms with Crippen LogP contribution in [0.5, 0.6) is 0 Å². The maximum Gasteiger partial charge on any atom is 0.191 e. The van der Waals surface area contributed by atoms with E-state index in [0.29, 0.717) is 12.5 Å². The third kappa shape index (κ3) is 4.54. The summed E-state index contributed by atoms with van der Waals surface area (Å²) in [6, 6.07) is 7.95. The number of hydrogen-bond acceptors (Lipinski definition) is 3. The Bertz CT molecular complexity index is 676. The Labute approximate surface area is 164 Å². The standard InChI is InChI=1S/C16H21ClN6.HI/c1-21-7-6-19-15(21)12-20-16(18)23-10-8-22(9-11-23)14-4-2-13(17)3-5-14;/h2-7H,8-12H2,1H3,(H2,18,20);1H. The molecule has 1 aliphatic heterocycles. The number of halogens is 2. The van der Waals surface area contributed by atoms with Gasteiger partial charge in [-0.3, -0.25) is 0 Å². The first-order valence-corrected chi connectivity index (χ1v) is 8.03. The second-order valence-corrected chi connectivity index (χ2v) is 6.02. The van der Waals surface area contributed by atoms with Gasteiger partial charge in [0, 0.05) is 56.3 Å². The number of rotatable bonds is 3. The zero-order valence-corrected chi connectivity index (χ0v) is 16.7. The van der Waals surface area contributed by atoms with E-state index < -0.39 is 0 Å². The van der Waals surface area contributed by atoms with Crippen molar-refractivity contribution < 1.29 is 0 Å². The molecule has 3 rings (SSSR count). The molecule has 2 N–H and O–H groups in total. The Kier molecular flexibility index (Phi) is 6.73. The van der Waals surface area contributed by atoms with Gasteiger partial charge in [0.05, 0.1) is 0 Å². The molecule has 0 bridgehead atoms. The van der Waals surface area contributed by atoms with E-state index in [1.54, 1.807) is 6.20 Å². The summed E-state index contributed by atoms with van der Waals surface area (Å²) < 4.78 is 1.95. The molecule has 1 fully saturated rings. The SMILES string of the molecule is Cn1ccnc1CN=C(N)N1CCN(c2ccc(Cl)cc2)CC1.I. The smallest absolute Gasteiger partial charge is 0.191 e. The molecule has 1 aliphatic rings. The van der Waals surface area contributed by atoms with Crippen molar-refractivity contribution >= 4 is 47.2 Å². The van der Waals surface area contributed by atoms with Crippen LogP contribution in [0.15, 0.2) is 41.7 Å². The lowest BCUT2D eigenvalue weighted by Gasteiger charge is -2.36. The van der Waals surface area contributed by atoms with Gasteiger partial charge in [0.15, 0.2) is 5.96 Å². The van der Waals surface area contributed by atoms with Crippen LogP contribution < -0.4 is 10.6 Å². The fourth-order valence-corrected chi connectivity index (χ4v) is 2.77. The summed E-state index contributed by atoms with van der Waals surface area (Å²) in [5.41, 5.74) is 7.31. The number of aliphatic imine (C=N–C) groups is 1. The Morgan fingerprint density at radius 3 is 2.46 bits per heavy atom. The number of piperazine rings is 1. The van der Waals surface area contributed by atoms with Crippen molar-refractivity contribution in [3.63, 3.8) is 0 Å². The van der Waals surface area contributed by atoms with Crippen molar-refractivity contribution in [3.05, 3.63) is 47.5 Å². The van der Waals surface area contributed by atoms with Crippen LogP contribution in [0.4, 0.5) is 5.69 Å². The van der Waals surface area contributed by atoms with Crippen molar-refractivity contribution in [2.24, 2.45) is 17.8 Å². The van der Waals surface area contributed by atoms with Gasteiger partial charge in [0.2, 0.25) is 0 Å². The maximum absolute atomic E-state index is 6.12. The molecule has 130 valence electrons. The Hall–Kier alpha value is -1.48. The van der Waals surface area contributed by atoms with E-state index in [1.165, 1.54) is 5.69 Å². The van der Waals surface area contributed by atoms with Gasteiger partial charge in [-0.15, -0.1) is 24.0 Å². The van der Waals surface area contributed by atoms with E-state index >= 15 is 0 Å². The topological polar surface area (TPSA) is 62.7 Å². The highest BCUT2D eigenvalue weighted by Gasteiger charge is 2.18. The summed E-state index contributed by atoms with van der Waals surface area (Å²) in [6.07, 6.45) is 3.68. The van der Waals surface area contributed by atoms with E-state index in [-0.39, 0.29) is 24.0 Å². The van der Waals surface area contributed by atoms with Crippen LogP contribution in [0.3, 0.4) is 0 Å². The lowest BCUT2D eigenvalue weighted by Crippen LogP contribution is -2.51. The summed E-state index contributed by atoms with van der Waals surface area (Å²) >= 11 is 5.94. The molecule has 6 nitrogen and oxygen atoms in total. The Morgan fingerprint density at radius 2 is 1.88 bits per heavy atom. The van der Waals surface area contributed by atoms with Crippen LogP contribution in [0.25, 0.3) is 0 Å². The number of nitrogens with two attached hydrogens (primary N) is 1. The first-order chi connectivity index (χ1) is 11.1. The molecule has 2 heterocycles.